The van der Waals surface area contributed by atoms with Crippen molar-refractivity contribution in [1.29, 1.82) is 0 Å². The van der Waals surface area contributed by atoms with Crippen LogP contribution >= 0.6 is 24.0 Å². The fourth-order valence-electron chi connectivity index (χ4n) is 2.21. The molecule has 0 saturated heterocycles. The second-order valence-electron chi connectivity index (χ2n) is 6.49. The van der Waals surface area contributed by atoms with E-state index in [2.05, 4.69) is 20.9 Å². The monoisotopic (exact) mass is 489 g/mol. The van der Waals surface area contributed by atoms with Crippen LogP contribution in [0.2, 0.25) is 0 Å². The lowest BCUT2D eigenvalue weighted by Gasteiger charge is -2.13. The predicted octanol–water partition coefficient (Wildman–Crippen LogP) is 1.98. The number of nitrogens with zero attached hydrogens (tertiary/aromatic N) is 2. The Hall–Kier alpha value is -1.84. The quantitative estimate of drug-likeness (QED) is 0.296. The molecule has 2 amide bonds. The lowest BCUT2D eigenvalue weighted by atomic mass is 10.1. The van der Waals surface area contributed by atoms with Crippen LogP contribution in [0.3, 0.4) is 0 Å². The number of aliphatic imine (C=N–C) groups is 1. The van der Waals surface area contributed by atoms with Gasteiger partial charge in [0.1, 0.15) is 0 Å². The maximum atomic E-state index is 11.9. The van der Waals surface area contributed by atoms with Crippen LogP contribution in [-0.2, 0) is 11.3 Å². The normalized spacial score (nSPS) is 10.8. The number of nitrogens with one attached hydrogen (secondary N) is 3. The summed E-state index contributed by atoms with van der Waals surface area (Å²) in [5, 5.41) is 9.17. The number of hydrogen-bond donors (Lipinski definition) is 3. The summed E-state index contributed by atoms with van der Waals surface area (Å²) < 4.78 is 0. The molecule has 0 spiro atoms. The van der Waals surface area contributed by atoms with E-state index in [1.165, 1.54) is 0 Å². The van der Waals surface area contributed by atoms with E-state index in [9.17, 15) is 9.59 Å². The largest absolute Gasteiger partial charge is 0.357 e. The van der Waals surface area contributed by atoms with Gasteiger partial charge in [0.2, 0.25) is 5.91 Å². The second-order valence-corrected chi connectivity index (χ2v) is 6.49. The molecule has 8 heteroatoms. The summed E-state index contributed by atoms with van der Waals surface area (Å²) >= 11 is 0. The zero-order valence-electron chi connectivity index (χ0n) is 16.8. The van der Waals surface area contributed by atoms with Crippen molar-refractivity contribution >= 4 is 41.8 Å². The maximum absolute atomic E-state index is 11.9. The molecular weight excluding hydrogens is 457 g/mol. The molecule has 3 N–H and O–H groups in total. The van der Waals surface area contributed by atoms with Gasteiger partial charge in [0.05, 0.1) is 6.54 Å². The number of guanidine groups is 1. The van der Waals surface area contributed by atoms with Gasteiger partial charge in [-0.1, -0.05) is 12.1 Å². The third kappa shape index (κ3) is 10.2. The van der Waals surface area contributed by atoms with Crippen LogP contribution < -0.4 is 16.0 Å². The standard InChI is InChI=1S/C19H31N5O2.HI/c1-6-20-19(21-12-11-17(25)23-14(2)3)22-13-15-7-9-16(10-8-15)18(26)24(4)5;/h7-10,14H,6,11-13H2,1-5H3,(H,23,25)(H2,20,21,22);1H. The summed E-state index contributed by atoms with van der Waals surface area (Å²) in [4.78, 5) is 29.6. The maximum Gasteiger partial charge on any atom is 0.253 e. The van der Waals surface area contributed by atoms with Crippen molar-refractivity contribution in [3.63, 3.8) is 0 Å². The van der Waals surface area contributed by atoms with Crippen LogP contribution in [0.25, 0.3) is 0 Å². The van der Waals surface area contributed by atoms with Crippen molar-refractivity contribution in [3.8, 4) is 0 Å². The van der Waals surface area contributed by atoms with E-state index in [1.807, 2.05) is 45.0 Å². The Morgan fingerprint density at radius 2 is 1.74 bits per heavy atom. The van der Waals surface area contributed by atoms with Gasteiger partial charge in [-0.3, -0.25) is 9.59 Å². The SMILES string of the molecule is CCNC(=NCc1ccc(C(=O)N(C)C)cc1)NCCC(=O)NC(C)C.I. The molecule has 1 aromatic carbocycles. The van der Waals surface area contributed by atoms with Gasteiger partial charge < -0.3 is 20.9 Å². The number of hydrogen-bond acceptors (Lipinski definition) is 3. The summed E-state index contributed by atoms with van der Waals surface area (Å²) in [6.07, 6.45) is 0.393. The minimum absolute atomic E-state index is 0. The fraction of sp³-hybridized carbons (Fsp3) is 0.526. The van der Waals surface area contributed by atoms with Crippen LogP contribution in [0, 0.1) is 0 Å². The Bertz CT molecular complexity index is 615. The molecule has 1 aromatic rings. The molecule has 27 heavy (non-hydrogen) atoms. The number of carbonyl (C=O) groups excluding carboxylic acids is 2. The molecule has 0 aromatic heterocycles. The summed E-state index contributed by atoms with van der Waals surface area (Å²) in [6, 6.07) is 7.57. The van der Waals surface area contributed by atoms with E-state index in [1.54, 1.807) is 19.0 Å². The van der Waals surface area contributed by atoms with Crippen molar-refractivity contribution in [3.05, 3.63) is 35.4 Å². The molecule has 0 radical (unpaired) electrons. The minimum atomic E-state index is -0.0188. The van der Waals surface area contributed by atoms with Crippen LogP contribution in [0.15, 0.2) is 29.3 Å². The molecule has 0 aliphatic rings. The van der Waals surface area contributed by atoms with Crippen LogP contribution in [0.5, 0.6) is 0 Å². The van der Waals surface area contributed by atoms with Gasteiger partial charge in [0.25, 0.3) is 5.91 Å². The van der Waals surface area contributed by atoms with Crippen LogP contribution in [-0.4, -0.2) is 55.9 Å². The first kappa shape index (κ1) is 25.2. The van der Waals surface area contributed by atoms with Gasteiger partial charge >= 0.3 is 0 Å². The molecular formula is C19H32IN5O2. The van der Waals surface area contributed by atoms with Crippen molar-refractivity contribution in [2.75, 3.05) is 27.2 Å². The summed E-state index contributed by atoms with van der Waals surface area (Å²) in [5.41, 5.74) is 1.67. The predicted molar refractivity (Wildman–Crippen MR) is 121 cm³/mol. The number of amides is 2. The van der Waals surface area contributed by atoms with E-state index in [0.29, 0.717) is 31.0 Å². The van der Waals surface area contributed by atoms with Gasteiger partial charge in [-0.05, 0) is 38.5 Å². The molecule has 0 aliphatic carbocycles. The number of rotatable bonds is 8. The first-order chi connectivity index (χ1) is 12.3. The highest BCUT2D eigenvalue weighted by molar-refractivity contribution is 14.0. The summed E-state index contributed by atoms with van der Waals surface area (Å²) in [6.45, 7) is 7.61. The number of carbonyl (C=O) groups is 2. The average molecular weight is 489 g/mol. The highest BCUT2D eigenvalue weighted by Crippen LogP contribution is 2.07. The van der Waals surface area contributed by atoms with Crippen LogP contribution in [0.4, 0.5) is 0 Å². The third-order valence-corrected chi connectivity index (χ3v) is 3.47. The van der Waals surface area contributed by atoms with E-state index in [0.717, 1.165) is 12.1 Å². The van der Waals surface area contributed by atoms with E-state index in [-0.39, 0.29) is 41.8 Å². The highest BCUT2D eigenvalue weighted by Gasteiger charge is 2.07. The van der Waals surface area contributed by atoms with Crippen molar-refractivity contribution in [1.82, 2.24) is 20.9 Å². The Morgan fingerprint density at radius 1 is 1.11 bits per heavy atom. The topological polar surface area (TPSA) is 85.8 Å². The molecule has 0 bridgehead atoms. The van der Waals surface area contributed by atoms with E-state index < -0.39 is 0 Å². The van der Waals surface area contributed by atoms with Crippen molar-refractivity contribution in [2.45, 2.75) is 39.8 Å². The Balaban J connectivity index is 0.00000676. The lowest BCUT2D eigenvalue weighted by molar-refractivity contribution is -0.121. The second kappa shape index (κ2) is 13.3. The number of halogens is 1. The Labute approximate surface area is 179 Å². The smallest absolute Gasteiger partial charge is 0.253 e. The molecule has 1 rings (SSSR count). The van der Waals surface area contributed by atoms with Crippen molar-refractivity contribution in [2.24, 2.45) is 4.99 Å². The zero-order valence-corrected chi connectivity index (χ0v) is 19.2. The minimum Gasteiger partial charge on any atom is -0.357 e. The molecule has 0 saturated carbocycles. The first-order valence-electron chi connectivity index (χ1n) is 8.95. The number of benzene rings is 1. The molecule has 0 heterocycles. The van der Waals surface area contributed by atoms with Gasteiger partial charge in [0, 0.05) is 45.2 Å². The van der Waals surface area contributed by atoms with E-state index in [4.69, 9.17) is 0 Å². The zero-order chi connectivity index (χ0) is 19.5. The van der Waals surface area contributed by atoms with Crippen molar-refractivity contribution < 1.29 is 9.59 Å². The van der Waals surface area contributed by atoms with Gasteiger partial charge in [-0.15, -0.1) is 24.0 Å². The summed E-state index contributed by atoms with van der Waals surface area (Å²) in [5.74, 6) is 0.664. The lowest BCUT2D eigenvalue weighted by Crippen LogP contribution is -2.40. The molecule has 0 unspecified atom stereocenters. The molecule has 152 valence electrons. The van der Waals surface area contributed by atoms with Gasteiger partial charge in [-0.25, -0.2) is 4.99 Å². The molecule has 7 nitrogen and oxygen atoms in total. The van der Waals surface area contributed by atoms with Gasteiger partial charge in [0.15, 0.2) is 5.96 Å². The first-order valence-corrected chi connectivity index (χ1v) is 8.95. The Kier molecular flexibility index (Phi) is 12.4. The molecule has 0 fully saturated rings. The molecule has 0 atom stereocenters. The summed E-state index contributed by atoms with van der Waals surface area (Å²) in [7, 11) is 3.46. The van der Waals surface area contributed by atoms with Crippen LogP contribution in [0.1, 0.15) is 43.1 Å². The Morgan fingerprint density at radius 3 is 2.26 bits per heavy atom. The molecule has 0 aliphatic heterocycles. The van der Waals surface area contributed by atoms with E-state index >= 15 is 0 Å². The average Bonchev–Trinajstić information content (AvgIpc) is 2.58. The third-order valence-electron chi connectivity index (χ3n) is 3.47. The van der Waals surface area contributed by atoms with Gasteiger partial charge in [-0.2, -0.15) is 0 Å². The fourth-order valence-corrected chi connectivity index (χ4v) is 2.21. The highest BCUT2D eigenvalue weighted by atomic mass is 127.